The van der Waals surface area contributed by atoms with Crippen molar-refractivity contribution < 1.29 is 44.4 Å². The molecule has 10 heteroatoms. The largest absolute Gasteiger partial charge is 0.481 e. The van der Waals surface area contributed by atoms with E-state index in [0.29, 0.717) is 11.5 Å². The van der Waals surface area contributed by atoms with Crippen LogP contribution in [0.1, 0.15) is 39.0 Å². The molecule has 0 unspecified atom stereocenters. The van der Waals surface area contributed by atoms with Crippen LogP contribution in [0.3, 0.4) is 0 Å². The smallest absolute Gasteiger partial charge is 0.333 e. The third-order valence-corrected chi connectivity index (χ3v) is 3.50. The summed E-state index contributed by atoms with van der Waals surface area (Å²) >= 11 is 0. The quantitative estimate of drug-likeness (QED) is 0.395. The van der Waals surface area contributed by atoms with Gasteiger partial charge < -0.3 is 25.3 Å². The summed E-state index contributed by atoms with van der Waals surface area (Å²) in [5.41, 5.74) is -0.667. The Morgan fingerprint density at radius 3 is 1.79 bits per heavy atom. The molecule has 1 aliphatic rings. The molecule has 0 aromatic rings. The third-order valence-electron chi connectivity index (χ3n) is 3.50. The van der Waals surface area contributed by atoms with Crippen LogP contribution >= 0.6 is 0 Å². The van der Waals surface area contributed by atoms with Gasteiger partial charge in [0.15, 0.2) is 0 Å². The lowest BCUT2D eigenvalue weighted by Crippen LogP contribution is -2.32. The van der Waals surface area contributed by atoms with E-state index >= 15 is 0 Å². The van der Waals surface area contributed by atoms with Gasteiger partial charge in [0.2, 0.25) is 0 Å². The van der Waals surface area contributed by atoms with Crippen LogP contribution in [0.5, 0.6) is 0 Å². The van der Waals surface area contributed by atoms with Gasteiger partial charge in [0.05, 0.1) is 32.7 Å². The molecule has 1 rings (SSSR count). The van der Waals surface area contributed by atoms with Crippen LogP contribution in [0.15, 0.2) is 0 Å². The van der Waals surface area contributed by atoms with Crippen molar-refractivity contribution in [3.8, 4) is 0 Å². The minimum absolute atomic E-state index is 0.0189. The molecule has 1 heterocycles. The Hall–Kier alpha value is -2.04. The van der Waals surface area contributed by atoms with E-state index in [0.717, 1.165) is 0 Å². The first-order chi connectivity index (χ1) is 11.2. The standard InChI is InChI=1S/C8H9NO6.C6H14O3/c10-5-1-2-6(11)9(5)15-8(14)4-3-7(12)13;1-2-6(3-7,4-8)5-9/h1-4H2,(H,12,13);7-9H,2-5H2,1H3. The molecule has 138 valence electrons. The van der Waals surface area contributed by atoms with Gasteiger partial charge in [-0.25, -0.2) is 4.79 Å². The third kappa shape index (κ3) is 7.02. The van der Waals surface area contributed by atoms with Crippen LogP contribution in [0, 0.1) is 5.41 Å². The second kappa shape index (κ2) is 10.7. The number of nitrogens with zero attached hydrogens (tertiary/aromatic N) is 1. The SMILES string of the molecule is CCC(CO)(CO)CO.O=C(O)CCC(=O)ON1C(=O)CCC1=O. The van der Waals surface area contributed by atoms with E-state index in [1.165, 1.54) is 0 Å². The first-order valence-electron chi connectivity index (χ1n) is 7.36. The van der Waals surface area contributed by atoms with Crippen molar-refractivity contribution in [2.75, 3.05) is 19.8 Å². The van der Waals surface area contributed by atoms with Gasteiger partial charge in [-0.1, -0.05) is 6.92 Å². The number of carboxylic acids is 1. The number of hydrogen-bond acceptors (Lipinski definition) is 8. The van der Waals surface area contributed by atoms with Gasteiger partial charge in [0.25, 0.3) is 11.8 Å². The molecular weight excluding hydrogens is 326 g/mol. The number of aliphatic carboxylic acids is 1. The summed E-state index contributed by atoms with van der Waals surface area (Å²) in [6.45, 7) is 1.35. The van der Waals surface area contributed by atoms with Crippen molar-refractivity contribution in [1.82, 2.24) is 5.06 Å². The van der Waals surface area contributed by atoms with Crippen molar-refractivity contribution in [2.24, 2.45) is 5.41 Å². The van der Waals surface area contributed by atoms with Crippen LogP contribution in [0.4, 0.5) is 0 Å². The highest BCUT2D eigenvalue weighted by Gasteiger charge is 2.32. The summed E-state index contributed by atoms with van der Waals surface area (Å²) < 4.78 is 0. The van der Waals surface area contributed by atoms with E-state index in [1.54, 1.807) is 0 Å². The van der Waals surface area contributed by atoms with Crippen molar-refractivity contribution in [2.45, 2.75) is 39.0 Å². The first kappa shape index (κ1) is 22.0. The molecule has 1 aliphatic heterocycles. The number of carbonyl (C=O) groups excluding carboxylic acids is 3. The summed E-state index contributed by atoms with van der Waals surface area (Å²) in [7, 11) is 0. The Morgan fingerprint density at radius 1 is 1.04 bits per heavy atom. The predicted octanol–water partition coefficient (Wildman–Crippen LogP) is -1.18. The van der Waals surface area contributed by atoms with Crippen LogP contribution in [0.25, 0.3) is 0 Å². The number of hydrogen-bond donors (Lipinski definition) is 4. The number of amides is 2. The Labute approximate surface area is 138 Å². The molecule has 0 spiro atoms. The Morgan fingerprint density at radius 2 is 1.50 bits per heavy atom. The van der Waals surface area contributed by atoms with E-state index in [9.17, 15) is 19.2 Å². The van der Waals surface area contributed by atoms with Crippen LogP contribution in [0.2, 0.25) is 0 Å². The topological polar surface area (TPSA) is 162 Å². The zero-order valence-electron chi connectivity index (χ0n) is 13.4. The molecule has 0 atom stereocenters. The number of aliphatic hydroxyl groups excluding tert-OH is 3. The minimum Gasteiger partial charge on any atom is -0.481 e. The Bertz CT molecular complexity index is 426. The van der Waals surface area contributed by atoms with Crippen molar-refractivity contribution in [3.05, 3.63) is 0 Å². The van der Waals surface area contributed by atoms with Crippen molar-refractivity contribution in [3.63, 3.8) is 0 Å². The lowest BCUT2D eigenvalue weighted by molar-refractivity contribution is -0.197. The molecule has 0 saturated carbocycles. The predicted molar refractivity (Wildman–Crippen MR) is 78.0 cm³/mol. The lowest BCUT2D eigenvalue weighted by atomic mass is 9.88. The molecular formula is C14H23NO9. The molecule has 0 bridgehead atoms. The van der Waals surface area contributed by atoms with Gasteiger partial charge in [0.1, 0.15) is 0 Å². The van der Waals surface area contributed by atoms with E-state index in [2.05, 4.69) is 4.84 Å². The van der Waals surface area contributed by atoms with Gasteiger partial charge in [-0.15, -0.1) is 5.06 Å². The number of aliphatic hydroxyl groups is 3. The van der Waals surface area contributed by atoms with Crippen molar-refractivity contribution >= 4 is 23.8 Å². The minimum atomic E-state index is -1.15. The fourth-order valence-corrected chi connectivity index (χ4v) is 1.50. The molecule has 1 fully saturated rings. The average Bonchev–Trinajstić information content (AvgIpc) is 2.88. The summed E-state index contributed by atoms with van der Waals surface area (Å²) in [6.07, 6.45) is -0.131. The van der Waals surface area contributed by atoms with Gasteiger partial charge in [0, 0.05) is 18.3 Å². The zero-order valence-corrected chi connectivity index (χ0v) is 13.4. The van der Waals surface area contributed by atoms with Gasteiger partial charge in [-0.2, -0.15) is 0 Å². The fraction of sp³-hybridized carbons (Fsp3) is 0.714. The fourth-order valence-electron chi connectivity index (χ4n) is 1.50. The molecule has 10 nitrogen and oxygen atoms in total. The summed E-state index contributed by atoms with van der Waals surface area (Å²) in [5.74, 6) is -3.21. The highest BCUT2D eigenvalue weighted by atomic mass is 16.7. The second-order valence-electron chi connectivity index (χ2n) is 5.27. The van der Waals surface area contributed by atoms with Crippen LogP contribution in [-0.4, -0.2) is 69.1 Å². The molecule has 4 N–H and O–H groups in total. The van der Waals surface area contributed by atoms with Crippen molar-refractivity contribution in [1.29, 1.82) is 0 Å². The number of hydroxylamine groups is 2. The van der Waals surface area contributed by atoms with E-state index in [1.807, 2.05) is 6.92 Å². The van der Waals surface area contributed by atoms with E-state index in [-0.39, 0.29) is 39.1 Å². The van der Waals surface area contributed by atoms with Gasteiger partial charge in [-0.3, -0.25) is 14.4 Å². The molecule has 0 aromatic carbocycles. The maximum absolute atomic E-state index is 11.0. The molecule has 1 saturated heterocycles. The zero-order chi connectivity index (χ0) is 18.8. The summed E-state index contributed by atoms with van der Waals surface area (Å²) in [5, 5.41) is 34.6. The molecule has 0 radical (unpaired) electrons. The molecule has 24 heavy (non-hydrogen) atoms. The summed E-state index contributed by atoms with van der Waals surface area (Å²) in [6, 6.07) is 0. The number of imide groups is 1. The summed E-state index contributed by atoms with van der Waals surface area (Å²) in [4.78, 5) is 47.4. The first-order valence-corrected chi connectivity index (χ1v) is 7.36. The molecule has 0 aromatic heterocycles. The van der Waals surface area contributed by atoms with E-state index in [4.69, 9.17) is 20.4 Å². The van der Waals surface area contributed by atoms with E-state index < -0.39 is 35.6 Å². The Kier molecular flexibility index (Phi) is 9.77. The normalized spacial score (nSPS) is 14.2. The van der Waals surface area contributed by atoms with Crippen LogP contribution in [-0.2, 0) is 24.0 Å². The number of carboxylic acid groups (broad SMARTS) is 1. The highest BCUT2D eigenvalue weighted by molar-refractivity contribution is 6.01. The van der Waals surface area contributed by atoms with Gasteiger partial charge >= 0.3 is 11.9 Å². The maximum Gasteiger partial charge on any atom is 0.333 e. The Balaban J connectivity index is 0.000000506. The van der Waals surface area contributed by atoms with Gasteiger partial charge in [-0.05, 0) is 6.42 Å². The average molecular weight is 349 g/mol. The molecule has 2 amide bonds. The lowest BCUT2D eigenvalue weighted by Gasteiger charge is -2.24. The molecule has 0 aliphatic carbocycles. The number of carbonyl (C=O) groups is 4. The monoisotopic (exact) mass is 349 g/mol. The second-order valence-corrected chi connectivity index (χ2v) is 5.27. The van der Waals surface area contributed by atoms with Crippen LogP contribution < -0.4 is 0 Å². The maximum atomic E-state index is 11.0. The highest BCUT2D eigenvalue weighted by Crippen LogP contribution is 2.18. The number of rotatable bonds is 8.